The Bertz CT molecular complexity index is 503. The van der Waals surface area contributed by atoms with Crippen LogP contribution in [0.2, 0.25) is 0 Å². The van der Waals surface area contributed by atoms with E-state index >= 15 is 0 Å². The van der Waals surface area contributed by atoms with Crippen molar-refractivity contribution in [2.24, 2.45) is 5.92 Å². The molecule has 1 aliphatic carbocycles. The summed E-state index contributed by atoms with van der Waals surface area (Å²) in [6.07, 6.45) is 7.00. The van der Waals surface area contributed by atoms with Crippen molar-refractivity contribution in [1.29, 1.82) is 0 Å². The van der Waals surface area contributed by atoms with E-state index in [4.69, 9.17) is 6.42 Å². The molecule has 100 valence electrons. The molecule has 1 saturated carbocycles. The summed E-state index contributed by atoms with van der Waals surface area (Å²) in [6, 6.07) is 6.88. The van der Waals surface area contributed by atoms with E-state index in [9.17, 15) is 9.90 Å². The number of nitrogens with one attached hydrogen (secondary N) is 1. The molecule has 1 fully saturated rings. The predicted octanol–water partition coefficient (Wildman–Crippen LogP) is 1.90. The van der Waals surface area contributed by atoms with E-state index in [0.29, 0.717) is 18.2 Å². The number of aliphatic hydroxyl groups is 1. The van der Waals surface area contributed by atoms with Gasteiger partial charge in [0, 0.05) is 24.8 Å². The zero-order valence-corrected chi connectivity index (χ0v) is 11.0. The Morgan fingerprint density at radius 1 is 1.63 bits per heavy atom. The van der Waals surface area contributed by atoms with Gasteiger partial charge in [0.1, 0.15) is 0 Å². The average molecular weight is 258 g/mol. The minimum Gasteiger partial charge on any atom is -0.391 e. The molecule has 0 bridgehead atoms. The normalized spacial score (nSPS) is 15.4. The minimum atomic E-state index is -0.423. The van der Waals surface area contributed by atoms with E-state index in [-0.39, 0.29) is 6.03 Å². The molecule has 2 amide bonds. The first-order valence-electron chi connectivity index (χ1n) is 6.37. The highest BCUT2D eigenvalue weighted by molar-refractivity contribution is 5.89. The first kappa shape index (κ1) is 13.4. The fourth-order valence-corrected chi connectivity index (χ4v) is 1.90. The molecule has 1 atom stereocenters. The molecule has 2 rings (SSSR count). The number of likely N-dealkylation sites (N-methyl/N-ethyl adjacent to an activating group) is 1. The molecule has 1 aliphatic rings. The third kappa shape index (κ3) is 3.73. The number of benzene rings is 1. The molecule has 1 aromatic rings. The van der Waals surface area contributed by atoms with Crippen molar-refractivity contribution in [3.8, 4) is 12.3 Å². The number of anilines is 1. The van der Waals surface area contributed by atoms with Gasteiger partial charge >= 0.3 is 6.03 Å². The summed E-state index contributed by atoms with van der Waals surface area (Å²) in [4.78, 5) is 13.4. The summed E-state index contributed by atoms with van der Waals surface area (Å²) >= 11 is 0. The molecule has 4 heteroatoms. The second-order valence-electron chi connectivity index (χ2n) is 4.94. The number of terminal acetylenes is 1. The summed E-state index contributed by atoms with van der Waals surface area (Å²) in [5.41, 5.74) is 1.38. The number of carbonyl (C=O) groups is 1. The average Bonchev–Trinajstić information content (AvgIpc) is 3.23. The van der Waals surface area contributed by atoms with Crippen LogP contribution in [0, 0.1) is 18.3 Å². The van der Waals surface area contributed by atoms with Crippen LogP contribution in [0.4, 0.5) is 10.5 Å². The lowest BCUT2D eigenvalue weighted by molar-refractivity contribution is 0.117. The summed E-state index contributed by atoms with van der Waals surface area (Å²) in [7, 11) is 1.67. The van der Waals surface area contributed by atoms with Crippen LogP contribution in [-0.2, 0) is 0 Å². The minimum absolute atomic E-state index is 0.242. The van der Waals surface area contributed by atoms with E-state index in [2.05, 4.69) is 11.2 Å². The number of aliphatic hydroxyl groups excluding tert-OH is 1. The quantitative estimate of drug-likeness (QED) is 0.810. The van der Waals surface area contributed by atoms with E-state index in [1.165, 1.54) is 4.90 Å². The maximum absolute atomic E-state index is 11.9. The topological polar surface area (TPSA) is 52.6 Å². The SMILES string of the molecule is C#Cc1cccc(NC(=O)N(C)CC(O)C2CC2)c1. The van der Waals surface area contributed by atoms with E-state index in [1.807, 2.05) is 0 Å². The standard InChI is InChI=1S/C15H18N2O2/c1-3-11-5-4-6-13(9-11)16-15(19)17(2)10-14(18)12-7-8-12/h1,4-6,9,12,14,18H,7-8,10H2,2H3,(H,16,19). The molecule has 0 spiro atoms. The van der Waals surface area contributed by atoms with Gasteiger partial charge in [-0.15, -0.1) is 6.42 Å². The monoisotopic (exact) mass is 258 g/mol. The predicted molar refractivity (Wildman–Crippen MR) is 74.8 cm³/mol. The first-order chi connectivity index (χ1) is 9.10. The van der Waals surface area contributed by atoms with Crippen LogP contribution < -0.4 is 5.32 Å². The molecule has 1 aromatic carbocycles. The number of carbonyl (C=O) groups excluding carboxylic acids is 1. The van der Waals surface area contributed by atoms with Crippen molar-refractivity contribution in [2.45, 2.75) is 18.9 Å². The van der Waals surface area contributed by atoms with Gasteiger partial charge in [-0.3, -0.25) is 0 Å². The summed E-state index contributed by atoms with van der Waals surface area (Å²) in [5, 5.41) is 12.6. The van der Waals surface area contributed by atoms with Gasteiger partial charge in [-0.2, -0.15) is 0 Å². The fourth-order valence-electron chi connectivity index (χ4n) is 1.90. The van der Waals surface area contributed by atoms with Crippen LogP contribution in [0.3, 0.4) is 0 Å². The summed E-state index contributed by atoms with van der Waals surface area (Å²) < 4.78 is 0. The third-order valence-electron chi connectivity index (χ3n) is 3.25. The third-order valence-corrected chi connectivity index (χ3v) is 3.25. The van der Waals surface area contributed by atoms with Crippen molar-refractivity contribution < 1.29 is 9.90 Å². The van der Waals surface area contributed by atoms with Crippen molar-refractivity contribution >= 4 is 11.7 Å². The van der Waals surface area contributed by atoms with E-state index in [0.717, 1.165) is 18.4 Å². The number of amides is 2. The highest BCUT2D eigenvalue weighted by atomic mass is 16.3. The highest BCUT2D eigenvalue weighted by Crippen LogP contribution is 2.32. The van der Waals surface area contributed by atoms with Gasteiger partial charge in [-0.05, 0) is 37.0 Å². The number of hydrogen-bond acceptors (Lipinski definition) is 2. The van der Waals surface area contributed by atoms with Crippen LogP contribution in [0.25, 0.3) is 0 Å². The smallest absolute Gasteiger partial charge is 0.321 e. The second-order valence-corrected chi connectivity index (χ2v) is 4.94. The number of rotatable bonds is 4. The Morgan fingerprint density at radius 3 is 3.00 bits per heavy atom. The maximum atomic E-state index is 11.9. The van der Waals surface area contributed by atoms with Gasteiger partial charge in [0.05, 0.1) is 6.10 Å². The van der Waals surface area contributed by atoms with Gasteiger partial charge in [0.25, 0.3) is 0 Å². The van der Waals surface area contributed by atoms with Gasteiger partial charge in [0.15, 0.2) is 0 Å². The zero-order valence-electron chi connectivity index (χ0n) is 11.0. The van der Waals surface area contributed by atoms with E-state index < -0.39 is 6.10 Å². The highest BCUT2D eigenvalue weighted by Gasteiger charge is 2.31. The fraction of sp³-hybridized carbons (Fsp3) is 0.400. The van der Waals surface area contributed by atoms with Crippen LogP contribution in [0.15, 0.2) is 24.3 Å². The molecule has 19 heavy (non-hydrogen) atoms. The zero-order chi connectivity index (χ0) is 13.8. The van der Waals surface area contributed by atoms with Crippen LogP contribution in [0.1, 0.15) is 18.4 Å². The van der Waals surface area contributed by atoms with Crippen LogP contribution >= 0.6 is 0 Å². The number of urea groups is 1. The maximum Gasteiger partial charge on any atom is 0.321 e. The van der Waals surface area contributed by atoms with Crippen LogP contribution in [-0.4, -0.2) is 35.7 Å². The summed E-state index contributed by atoms with van der Waals surface area (Å²) in [6.45, 7) is 0.353. The molecule has 0 aromatic heterocycles. The molecule has 0 heterocycles. The second kappa shape index (κ2) is 5.77. The van der Waals surface area contributed by atoms with Gasteiger partial charge in [-0.1, -0.05) is 12.0 Å². The van der Waals surface area contributed by atoms with Crippen molar-refractivity contribution in [2.75, 3.05) is 18.9 Å². The van der Waals surface area contributed by atoms with Gasteiger partial charge in [-0.25, -0.2) is 4.79 Å². The van der Waals surface area contributed by atoms with Gasteiger partial charge < -0.3 is 15.3 Å². The Kier molecular flexibility index (Phi) is 4.08. The van der Waals surface area contributed by atoms with Crippen molar-refractivity contribution in [1.82, 2.24) is 4.90 Å². The Morgan fingerprint density at radius 2 is 2.37 bits per heavy atom. The molecule has 2 N–H and O–H groups in total. The molecular formula is C15H18N2O2. The van der Waals surface area contributed by atoms with Crippen molar-refractivity contribution in [3.05, 3.63) is 29.8 Å². The lowest BCUT2D eigenvalue weighted by Crippen LogP contribution is -2.38. The Labute approximate surface area is 113 Å². The van der Waals surface area contributed by atoms with E-state index in [1.54, 1.807) is 31.3 Å². The molecular weight excluding hydrogens is 240 g/mol. The molecule has 0 saturated heterocycles. The Balaban J connectivity index is 1.90. The number of nitrogens with zero attached hydrogens (tertiary/aromatic N) is 1. The largest absolute Gasteiger partial charge is 0.391 e. The summed E-state index contributed by atoms with van der Waals surface area (Å²) in [5.74, 6) is 2.88. The lowest BCUT2D eigenvalue weighted by atomic mass is 10.2. The molecule has 4 nitrogen and oxygen atoms in total. The lowest BCUT2D eigenvalue weighted by Gasteiger charge is -2.21. The van der Waals surface area contributed by atoms with Gasteiger partial charge in [0.2, 0.25) is 0 Å². The van der Waals surface area contributed by atoms with Crippen molar-refractivity contribution in [3.63, 3.8) is 0 Å². The molecule has 0 radical (unpaired) electrons. The molecule has 1 unspecified atom stereocenters. The number of hydrogen-bond donors (Lipinski definition) is 2. The van der Waals surface area contributed by atoms with Crippen LogP contribution in [0.5, 0.6) is 0 Å². The first-order valence-corrected chi connectivity index (χ1v) is 6.37. The molecule has 0 aliphatic heterocycles. The Hall–Kier alpha value is -1.99.